The van der Waals surface area contributed by atoms with Gasteiger partial charge in [-0.05, 0) is 24.9 Å². The SMILES string of the molecule is CNC(=O)[C@H]1C[C@@H]2CN(C(=O)Cc3ccccc3)C[C@@H]2N1C. The molecule has 0 bridgehead atoms. The molecule has 2 saturated heterocycles. The Balaban J connectivity index is 1.60. The van der Waals surface area contributed by atoms with E-state index in [1.165, 1.54) is 0 Å². The maximum atomic E-state index is 12.5. The second kappa shape index (κ2) is 6.08. The van der Waals surface area contributed by atoms with Gasteiger partial charge in [0.15, 0.2) is 0 Å². The quantitative estimate of drug-likeness (QED) is 0.885. The number of amides is 2. The standard InChI is InChI=1S/C17H23N3O2/c1-18-17(22)14-9-13-10-20(11-15(13)19(14)2)16(21)8-12-6-4-3-5-7-12/h3-7,13-15H,8-11H2,1-2H3,(H,18,22)/t13-,14-,15+/m1/s1. The third-order valence-corrected chi connectivity index (χ3v) is 5.05. The molecule has 1 N–H and O–H groups in total. The van der Waals surface area contributed by atoms with Crippen LogP contribution in [0.2, 0.25) is 0 Å². The smallest absolute Gasteiger partial charge is 0.237 e. The molecule has 2 aliphatic heterocycles. The van der Waals surface area contributed by atoms with Crippen LogP contribution in [0.1, 0.15) is 12.0 Å². The van der Waals surface area contributed by atoms with Crippen molar-refractivity contribution in [3.05, 3.63) is 35.9 Å². The van der Waals surface area contributed by atoms with Gasteiger partial charge >= 0.3 is 0 Å². The second-order valence-corrected chi connectivity index (χ2v) is 6.32. The number of rotatable bonds is 3. The molecule has 22 heavy (non-hydrogen) atoms. The number of nitrogens with zero attached hydrogens (tertiary/aromatic N) is 2. The number of hydrogen-bond acceptors (Lipinski definition) is 3. The van der Waals surface area contributed by atoms with Crippen molar-refractivity contribution in [1.29, 1.82) is 0 Å². The number of likely N-dealkylation sites (N-methyl/N-ethyl adjacent to an activating group) is 2. The molecule has 2 aliphatic rings. The lowest BCUT2D eigenvalue weighted by Gasteiger charge is -2.25. The first-order valence-electron chi connectivity index (χ1n) is 7.85. The fourth-order valence-electron chi connectivity index (χ4n) is 3.78. The molecule has 0 aliphatic carbocycles. The topological polar surface area (TPSA) is 52.7 Å². The average Bonchev–Trinajstić information content (AvgIpc) is 3.07. The van der Waals surface area contributed by atoms with Gasteiger partial charge in [0, 0.05) is 26.2 Å². The highest BCUT2D eigenvalue weighted by molar-refractivity contribution is 5.82. The van der Waals surface area contributed by atoms with E-state index in [-0.39, 0.29) is 17.9 Å². The number of fused-ring (bicyclic) bond motifs is 1. The van der Waals surface area contributed by atoms with Crippen LogP contribution in [-0.4, -0.2) is 60.9 Å². The zero-order chi connectivity index (χ0) is 15.7. The van der Waals surface area contributed by atoms with Crippen LogP contribution in [0.25, 0.3) is 0 Å². The molecule has 1 aromatic rings. The van der Waals surface area contributed by atoms with Crippen molar-refractivity contribution in [1.82, 2.24) is 15.1 Å². The van der Waals surface area contributed by atoms with Crippen LogP contribution >= 0.6 is 0 Å². The maximum Gasteiger partial charge on any atom is 0.237 e. The van der Waals surface area contributed by atoms with E-state index in [1.54, 1.807) is 7.05 Å². The van der Waals surface area contributed by atoms with E-state index in [0.717, 1.165) is 25.1 Å². The molecule has 2 heterocycles. The van der Waals surface area contributed by atoms with Crippen LogP contribution in [0.4, 0.5) is 0 Å². The molecule has 5 nitrogen and oxygen atoms in total. The van der Waals surface area contributed by atoms with Crippen molar-refractivity contribution in [3.63, 3.8) is 0 Å². The summed E-state index contributed by atoms with van der Waals surface area (Å²) in [5.74, 6) is 0.677. The second-order valence-electron chi connectivity index (χ2n) is 6.32. The van der Waals surface area contributed by atoms with E-state index >= 15 is 0 Å². The Kier molecular flexibility index (Phi) is 4.16. The molecule has 0 aromatic heterocycles. The largest absolute Gasteiger partial charge is 0.358 e. The summed E-state index contributed by atoms with van der Waals surface area (Å²) in [5, 5.41) is 2.73. The van der Waals surface area contributed by atoms with Crippen LogP contribution in [0.5, 0.6) is 0 Å². The van der Waals surface area contributed by atoms with E-state index in [2.05, 4.69) is 10.2 Å². The van der Waals surface area contributed by atoms with Crippen molar-refractivity contribution in [2.45, 2.75) is 24.9 Å². The van der Waals surface area contributed by atoms with E-state index in [1.807, 2.05) is 42.3 Å². The zero-order valence-electron chi connectivity index (χ0n) is 13.2. The molecule has 118 valence electrons. The minimum absolute atomic E-state index is 0.0497. The summed E-state index contributed by atoms with van der Waals surface area (Å²) in [4.78, 5) is 28.4. The van der Waals surface area contributed by atoms with Gasteiger partial charge in [-0.3, -0.25) is 14.5 Å². The summed E-state index contributed by atoms with van der Waals surface area (Å²) < 4.78 is 0. The lowest BCUT2D eigenvalue weighted by molar-refractivity contribution is -0.130. The van der Waals surface area contributed by atoms with Crippen LogP contribution in [-0.2, 0) is 16.0 Å². The lowest BCUT2D eigenvalue weighted by atomic mass is 10.0. The fraction of sp³-hybridized carbons (Fsp3) is 0.529. The molecule has 0 spiro atoms. The summed E-state index contributed by atoms with van der Waals surface area (Å²) in [6.45, 7) is 1.51. The van der Waals surface area contributed by atoms with Gasteiger partial charge in [-0.2, -0.15) is 0 Å². The third-order valence-electron chi connectivity index (χ3n) is 5.05. The fourth-order valence-corrected chi connectivity index (χ4v) is 3.78. The van der Waals surface area contributed by atoms with Gasteiger partial charge in [0.1, 0.15) is 0 Å². The van der Waals surface area contributed by atoms with Gasteiger partial charge in [0.05, 0.1) is 12.5 Å². The summed E-state index contributed by atoms with van der Waals surface area (Å²) in [6, 6.07) is 10.1. The summed E-state index contributed by atoms with van der Waals surface area (Å²) in [5.41, 5.74) is 1.06. The number of nitrogens with one attached hydrogen (secondary N) is 1. The minimum Gasteiger partial charge on any atom is -0.358 e. The van der Waals surface area contributed by atoms with Crippen molar-refractivity contribution in [2.24, 2.45) is 5.92 Å². The first kappa shape index (κ1) is 15.0. The molecule has 2 amide bonds. The van der Waals surface area contributed by atoms with Gasteiger partial charge in [0.25, 0.3) is 0 Å². The zero-order valence-corrected chi connectivity index (χ0v) is 13.2. The Labute approximate surface area is 131 Å². The molecule has 3 atom stereocenters. The van der Waals surface area contributed by atoms with Gasteiger partial charge in [-0.25, -0.2) is 0 Å². The predicted molar refractivity (Wildman–Crippen MR) is 84.2 cm³/mol. The van der Waals surface area contributed by atoms with Crippen molar-refractivity contribution in [2.75, 3.05) is 27.2 Å². The monoisotopic (exact) mass is 301 g/mol. The summed E-state index contributed by atoms with van der Waals surface area (Å²) in [6.07, 6.45) is 1.30. The number of carbonyl (C=O) groups is 2. The molecule has 0 saturated carbocycles. The van der Waals surface area contributed by atoms with Gasteiger partial charge < -0.3 is 10.2 Å². The molecule has 1 aromatic carbocycles. The van der Waals surface area contributed by atoms with Crippen LogP contribution in [0.3, 0.4) is 0 Å². The molecule has 0 unspecified atom stereocenters. The number of benzene rings is 1. The van der Waals surface area contributed by atoms with Crippen LogP contribution in [0.15, 0.2) is 30.3 Å². The Morgan fingerprint density at radius 3 is 2.59 bits per heavy atom. The summed E-state index contributed by atoms with van der Waals surface area (Å²) >= 11 is 0. The normalized spacial score (nSPS) is 27.7. The van der Waals surface area contributed by atoms with Crippen LogP contribution in [0, 0.1) is 5.92 Å². The van der Waals surface area contributed by atoms with E-state index in [0.29, 0.717) is 18.4 Å². The van der Waals surface area contributed by atoms with Crippen LogP contribution < -0.4 is 5.32 Å². The number of hydrogen-bond donors (Lipinski definition) is 1. The molecule has 2 fully saturated rings. The minimum atomic E-state index is -0.0497. The van der Waals surface area contributed by atoms with E-state index in [9.17, 15) is 9.59 Å². The Morgan fingerprint density at radius 2 is 1.95 bits per heavy atom. The molecule has 0 radical (unpaired) electrons. The van der Waals surface area contributed by atoms with Crippen molar-refractivity contribution < 1.29 is 9.59 Å². The van der Waals surface area contributed by atoms with Gasteiger partial charge in [-0.1, -0.05) is 30.3 Å². The Hall–Kier alpha value is -1.88. The molecule has 3 rings (SSSR count). The Bertz CT molecular complexity index is 560. The van der Waals surface area contributed by atoms with Crippen molar-refractivity contribution >= 4 is 11.8 Å². The first-order chi connectivity index (χ1) is 10.6. The first-order valence-corrected chi connectivity index (χ1v) is 7.85. The highest BCUT2D eigenvalue weighted by Gasteiger charge is 2.47. The Morgan fingerprint density at radius 1 is 1.23 bits per heavy atom. The molecular formula is C17H23N3O2. The van der Waals surface area contributed by atoms with Gasteiger partial charge in [0.2, 0.25) is 11.8 Å². The third kappa shape index (κ3) is 2.73. The lowest BCUT2D eigenvalue weighted by Crippen LogP contribution is -2.45. The molecular weight excluding hydrogens is 278 g/mol. The van der Waals surface area contributed by atoms with E-state index < -0.39 is 0 Å². The van der Waals surface area contributed by atoms with Crippen molar-refractivity contribution in [3.8, 4) is 0 Å². The summed E-state index contributed by atoms with van der Waals surface area (Å²) in [7, 11) is 3.68. The van der Waals surface area contributed by atoms with Gasteiger partial charge in [-0.15, -0.1) is 0 Å². The average molecular weight is 301 g/mol. The highest BCUT2D eigenvalue weighted by atomic mass is 16.2. The number of carbonyl (C=O) groups excluding carboxylic acids is 2. The molecule has 5 heteroatoms. The maximum absolute atomic E-state index is 12.5. The number of likely N-dealkylation sites (tertiary alicyclic amines) is 2. The predicted octanol–water partition coefficient (Wildman–Crippen LogP) is 0.506. The highest BCUT2D eigenvalue weighted by Crippen LogP contribution is 2.34. The van der Waals surface area contributed by atoms with E-state index in [4.69, 9.17) is 0 Å².